The van der Waals surface area contributed by atoms with Crippen molar-refractivity contribution in [2.24, 2.45) is 0 Å². The molecule has 0 aliphatic carbocycles. The molecule has 0 aromatic rings. The summed E-state index contributed by atoms with van der Waals surface area (Å²) < 4.78 is 23.4. The zero-order chi connectivity index (χ0) is 12.5. The molecular weight excluding hydrogens is 244 g/mol. The molecule has 0 amide bonds. The second-order valence-corrected chi connectivity index (χ2v) is 6.88. The number of sulfone groups is 1. The molecule has 2 atom stereocenters. The van der Waals surface area contributed by atoms with Crippen molar-refractivity contribution in [3.63, 3.8) is 0 Å². The fourth-order valence-electron chi connectivity index (χ4n) is 2.91. The van der Waals surface area contributed by atoms with Crippen molar-refractivity contribution < 1.29 is 18.6 Å². The van der Waals surface area contributed by atoms with E-state index in [9.17, 15) is 8.42 Å². The monoisotopic (exact) mass is 264 g/mol. The van der Waals surface area contributed by atoms with E-state index in [4.69, 9.17) is 10.2 Å². The van der Waals surface area contributed by atoms with Gasteiger partial charge in [-0.2, -0.15) is 0 Å². The lowest BCUT2D eigenvalue weighted by Crippen LogP contribution is -2.59. The van der Waals surface area contributed by atoms with Gasteiger partial charge in [0.15, 0.2) is 9.84 Å². The summed E-state index contributed by atoms with van der Waals surface area (Å²) in [4.78, 5) is 4.12. The van der Waals surface area contributed by atoms with Crippen LogP contribution in [0.25, 0.3) is 0 Å². The highest BCUT2D eigenvalue weighted by atomic mass is 32.2. The van der Waals surface area contributed by atoms with Crippen molar-refractivity contribution >= 4 is 9.84 Å². The quantitative estimate of drug-likeness (QED) is 0.597. The van der Waals surface area contributed by atoms with Crippen LogP contribution in [0.4, 0.5) is 0 Å². The minimum absolute atomic E-state index is 0.0209. The number of aliphatic hydroxyl groups excluding tert-OH is 2. The smallest absolute Gasteiger partial charge is 0.153 e. The van der Waals surface area contributed by atoms with Gasteiger partial charge in [0, 0.05) is 38.3 Å². The number of fused-ring (bicyclic) bond motifs is 1. The molecule has 2 saturated heterocycles. The fourth-order valence-corrected chi connectivity index (χ4v) is 4.95. The molecule has 0 spiro atoms. The van der Waals surface area contributed by atoms with Gasteiger partial charge in [-0.05, 0) is 0 Å². The summed E-state index contributed by atoms with van der Waals surface area (Å²) in [5, 5.41) is 18.0. The lowest BCUT2D eigenvalue weighted by Gasteiger charge is -2.43. The van der Waals surface area contributed by atoms with Crippen LogP contribution >= 0.6 is 0 Å². The summed E-state index contributed by atoms with van der Waals surface area (Å²) >= 11 is 0. The molecule has 2 heterocycles. The number of piperazine rings is 1. The van der Waals surface area contributed by atoms with Crippen LogP contribution < -0.4 is 0 Å². The largest absolute Gasteiger partial charge is 0.395 e. The summed E-state index contributed by atoms with van der Waals surface area (Å²) in [5.41, 5.74) is 0. The zero-order valence-corrected chi connectivity index (χ0v) is 10.6. The van der Waals surface area contributed by atoms with Crippen molar-refractivity contribution in [3.8, 4) is 0 Å². The second-order valence-electron chi connectivity index (χ2n) is 4.73. The van der Waals surface area contributed by atoms with Gasteiger partial charge in [-0.3, -0.25) is 9.80 Å². The van der Waals surface area contributed by atoms with E-state index >= 15 is 0 Å². The van der Waals surface area contributed by atoms with Crippen LogP contribution in [-0.4, -0.2) is 91.4 Å². The molecule has 6 nitrogen and oxygen atoms in total. The molecule has 0 aromatic carbocycles. The van der Waals surface area contributed by atoms with Crippen LogP contribution in [0.3, 0.4) is 0 Å². The molecule has 17 heavy (non-hydrogen) atoms. The molecule has 0 bridgehead atoms. The Kier molecular flexibility index (Phi) is 4.04. The summed E-state index contributed by atoms with van der Waals surface area (Å²) in [5.74, 6) is 0.360. The fraction of sp³-hybridized carbons (Fsp3) is 1.00. The van der Waals surface area contributed by atoms with Crippen LogP contribution in [0.2, 0.25) is 0 Å². The first-order valence-electron chi connectivity index (χ1n) is 5.97. The number of β-amino-alcohol motifs (C(OH)–C–C–N with tert-alkyl or cyclic N) is 2. The number of rotatable bonds is 4. The number of aliphatic hydroxyl groups is 2. The van der Waals surface area contributed by atoms with E-state index in [0.717, 1.165) is 13.1 Å². The first kappa shape index (κ1) is 13.2. The van der Waals surface area contributed by atoms with Gasteiger partial charge in [0.1, 0.15) is 0 Å². The maximum atomic E-state index is 11.7. The van der Waals surface area contributed by atoms with E-state index in [0.29, 0.717) is 13.1 Å². The first-order chi connectivity index (χ1) is 8.07. The van der Waals surface area contributed by atoms with Gasteiger partial charge in [0.05, 0.1) is 24.7 Å². The summed E-state index contributed by atoms with van der Waals surface area (Å²) in [7, 11) is -2.98. The van der Waals surface area contributed by atoms with Crippen LogP contribution in [0, 0.1) is 0 Å². The van der Waals surface area contributed by atoms with Gasteiger partial charge in [-0.25, -0.2) is 8.42 Å². The SMILES string of the molecule is O=S1(=O)CC2C(C1)N(CCO)CCN2CCO. The van der Waals surface area contributed by atoms with Gasteiger partial charge in [-0.15, -0.1) is 0 Å². The minimum atomic E-state index is -2.98. The molecule has 7 heteroatoms. The van der Waals surface area contributed by atoms with Gasteiger partial charge >= 0.3 is 0 Å². The molecule has 2 N–H and O–H groups in total. The number of nitrogens with zero attached hydrogens (tertiary/aromatic N) is 2. The number of hydrogen-bond donors (Lipinski definition) is 2. The van der Waals surface area contributed by atoms with E-state index in [1.165, 1.54) is 0 Å². The molecule has 0 aromatic heterocycles. The normalized spacial score (nSPS) is 33.8. The molecule has 2 aliphatic rings. The van der Waals surface area contributed by atoms with Crippen LogP contribution in [0.15, 0.2) is 0 Å². The Morgan fingerprint density at radius 1 is 0.941 bits per heavy atom. The Bertz CT molecular complexity index is 331. The van der Waals surface area contributed by atoms with Crippen molar-refractivity contribution in [1.82, 2.24) is 9.80 Å². The Morgan fingerprint density at radius 2 is 1.35 bits per heavy atom. The van der Waals surface area contributed by atoms with E-state index in [-0.39, 0.29) is 36.8 Å². The minimum Gasteiger partial charge on any atom is -0.395 e. The van der Waals surface area contributed by atoms with Crippen molar-refractivity contribution in [2.45, 2.75) is 12.1 Å². The molecule has 0 radical (unpaired) electrons. The van der Waals surface area contributed by atoms with Crippen molar-refractivity contribution in [2.75, 3.05) is 50.9 Å². The van der Waals surface area contributed by atoms with E-state index in [1.54, 1.807) is 0 Å². The van der Waals surface area contributed by atoms with E-state index in [1.807, 2.05) is 0 Å². The average molecular weight is 264 g/mol. The third kappa shape index (κ3) is 2.79. The standard InChI is InChI=1S/C10H20N2O4S/c13-5-3-11-1-2-12(4-6-14)10-8-17(15,16)7-9(10)11/h9-10,13-14H,1-8H2. The van der Waals surface area contributed by atoms with Crippen LogP contribution in [0.1, 0.15) is 0 Å². The van der Waals surface area contributed by atoms with Gasteiger partial charge in [0.2, 0.25) is 0 Å². The van der Waals surface area contributed by atoms with Gasteiger partial charge in [0.25, 0.3) is 0 Å². The molecule has 100 valence electrons. The predicted molar refractivity (Wildman–Crippen MR) is 63.5 cm³/mol. The van der Waals surface area contributed by atoms with Gasteiger partial charge in [-0.1, -0.05) is 0 Å². The lowest BCUT2D eigenvalue weighted by atomic mass is 10.0. The summed E-state index contributed by atoms with van der Waals surface area (Å²) in [6.45, 7) is 2.70. The Hall–Kier alpha value is -0.210. The molecular formula is C10H20N2O4S. The van der Waals surface area contributed by atoms with Crippen LogP contribution in [0.5, 0.6) is 0 Å². The zero-order valence-electron chi connectivity index (χ0n) is 9.83. The topological polar surface area (TPSA) is 81.1 Å². The lowest BCUT2D eigenvalue weighted by molar-refractivity contribution is 0.0266. The van der Waals surface area contributed by atoms with E-state index in [2.05, 4.69) is 9.80 Å². The Morgan fingerprint density at radius 3 is 1.71 bits per heavy atom. The van der Waals surface area contributed by atoms with Crippen molar-refractivity contribution in [1.29, 1.82) is 0 Å². The Labute approximate surface area is 102 Å². The Balaban J connectivity index is 2.13. The summed E-state index contributed by atoms with van der Waals surface area (Å²) in [6, 6.07) is -0.0418. The second kappa shape index (κ2) is 5.19. The van der Waals surface area contributed by atoms with E-state index < -0.39 is 9.84 Å². The maximum absolute atomic E-state index is 11.7. The highest BCUT2D eigenvalue weighted by Crippen LogP contribution is 2.26. The molecule has 2 fully saturated rings. The molecule has 2 aliphatic heterocycles. The highest BCUT2D eigenvalue weighted by molar-refractivity contribution is 7.91. The number of hydrogen-bond acceptors (Lipinski definition) is 6. The average Bonchev–Trinajstić information content (AvgIpc) is 2.58. The molecule has 2 rings (SSSR count). The predicted octanol–water partition coefficient (Wildman–Crippen LogP) is -2.25. The molecule has 2 unspecified atom stereocenters. The van der Waals surface area contributed by atoms with Crippen molar-refractivity contribution in [3.05, 3.63) is 0 Å². The first-order valence-corrected chi connectivity index (χ1v) is 7.80. The third-order valence-electron chi connectivity index (χ3n) is 3.68. The van der Waals surface area contributed by atoms with Gasteiger partial charge < -0.3 is 10.2 Å². The third-order valence-corrected chi connectivity index (χ3v) is 5.38. The maximum Gasteiger partial charge on any atom is 0.153 e. The van der Waals surface area contributed by atoms with Crippen LogP contribution in [-0.2, 0) is 9.84 Å². The highest BCUT2D eigenvalue weighted by Gasteiger charge is 2.45. The summed E-state index contributed by atoms with van der Waals surface area (Å²) in [6.07, 6.45) is 0. The molecule has 0 saturated carbocycles.